The van der Waals surface area contributed by atoms with Gasteiger partial charge in [-0.2, -0.15) is 0 Å². The summed E-state index contributed by atoms with van der Waals surface area (Å²) in [4.78, 5) is 0. The van der Waals surface area contributed by atoms with Crippen LogP contribution in [0.3, 0.4) is 0 Å². The number of rotatable bonds is 2. The van der Waals surface area contributed by atoms with Gasteiger partial charge in [-0.15, -0.1) is 0 Å². The van der Waals surface area contributed by atoms with Gasteiger partial charge in [0.2, 0.25) is 0 Å². The number of aryl methyl sites for hydroxylation is 1. The lowest BCUT2D eigenvalue weighted by Crippen LogP contribution is -2.02. The van der Waals surface area contributed by atoms with Gasteiger partial charge < -0.3 is 5.11 Å². The van der Waals surface area contributed by atoms with Crippen molar-refractivity contribution in [2.45, 2.75) is 13.0 Å². The van der Waals surface area contributed by atoms with E-state index < -0.39 is 6.10 Å². The second kappa shape index (κ2) is 5.80. The normalized spacial score (nSPS) is 12.6. The second-order valence-electron chi connectivity index (χ2n) is 5.11. The Bertz CT molecular complexity index is 813. The summed E-state index contributed by atoms with van der Waals surface area (Å²) in [5.41, 5.74) is 2.87. The van der Waals surface area contributed by atoms with Crippen LogP contribution in [0.2, 0.25) is 5.02 Å². The molecule has 0 bridgehead atoms. The van der Waals surface area contributed by atoms with Crippen molar-refractivity contribution in [2.24, 2.45) is 0 Å². The molecular weight excluding hydrogens is 348 g/mol. The largest absolute Gasteiger partial charge is 0.384 e. The van der Waals surface area contributed by atoms with Crippen LogP contribution >= 0.6 is 27.5 Å². The molecule has 3 aromatic rings. The van der Waals surface area contributed by atoms with Crippen molar-refractivity contribution in [2.75, 3.05) is 0 Å². The van der Waals surface area contributed by atoms with E-state index in [2.05, 4.69) is 15.9 Å². The summed E-state index contributed by atoms with van der Waals surface area (Å²) in [6.45, 7) is 2.03. The van der Waals surface area contributed by atoms with E-state index in [0.717, 1.165) is 31.9 Å². The van der Waals surface area contributed by atoms with Crippen LogP contribution in [0, 0.1) is 6.92 Å². The molecule has 3 aromatic carbocycles. The molecule has 1 atom stereocenters. The molecule has 0 saturated heterocycles. The van der Waals surface area contributed by atoms with Crippen molar-refractivity contribution >= 4 is 38.3 Å². The fraction of sp³-hybridized carbons (Fsp3) is 0.111. The topological polar surface area (TPSA) is 20.2 Å². The fourth-order valence-electron chi connectivity index (χ4n) is 2.55. The summed E-state index contributed by atoms with van der Waals surface area (Å²) >= 11 is 9.78. The van der Waals surface area contributed by atoms with Crippen LogP contribution in [0.15, 0.2) is 59.1 Å². The molecule has 1 nitrogen and oxygen atoms in total. The highest BCUT2D eigenvalue weighted by atomic mass is 79.9. The summed E-state index contributed by atoms with van der Waals surface area (Å²) in [6, 6.07) is 17.6. The van der Waals surface area contributed by atoms with Crippen LogP contribution in [0.4, 0.5) is 0 Å². The molecule has 0 aliphatic rings. The van der Waals surface area contributed by atoms with E-state index in [1.165, 1.54) is 0 Å². The van der Waals surface area contributed by atoms with E-state index in [1.807, 2.05) is 61.5 Å². The summed E-state index contributed by atoms with van der Waals surface area (Å²) in [5, 5.41) is 13.4. The first-order valence-electron chi connectivity index (χ1n) is 6.69. The first kappa shape index (κ1) is 14.6. The minimum atomic E-state index is -0.692. The summed E-state index contributed by atoms with van der Waals surface area (Å²) < 4.78 is 0.911. The molecule has 1 N–H and O–H groups in total. The second-order valence-corrected chi connectivity index (χ2v) is 6.37. The van der Waals surface area contributed by atoms with Gasteiger partial charge in [0.25, 0.3) is 0 Å². The Hall–Kier alpha value is -1.35. The van der Waals surface area contributed by atoms with Crippen molar-refractivity contribution in [3.05, 3.63) is 80.8 Å². The number of aliphatic hydroxyl groups is 1. The van der Waals surface area contributed by atoms with Crippen LogP contribution in [0.5, 0.6) is 0 Å². The van der Waals surface area contributed by atoms with Crippen LogP contribution in [-0.2, 0) is 0 Å². The molecule has 3 rings (SSSR count). The lowest BCUT2D eigenvalue weighted by atomic mass is 9.95. The molecular formula is C18H14BrClO. The van der Waals surface area contributed by atoms with E-state index in [4.69, 9.17) is 11.6 Å². The minimum absolute atomic E-state index is 0.692. The van der Waals surface area contributed by atoms with Crippen molar-refractivity contribution in [3.8, 4) is 0 Å². The molecule has 0 saturated carbocycles. The third-order valence-corrected chi connectivity index (χ3v) is 4.67. The SMILES string of the molecule is Cc1ccc(C(O)c2ccc(Cl)c3ccccc23)c(Br)c1. The third kappa shape index (κ3) is 2.71. The van der Waals surface area contributed by atoms with E-state index >= 15 is 0 Å². The molecule has 0 spiro atoms. The number of hydrogen-bond donors (Lipinski definition) is 1. The van der Waals surface area contributed by atoms with Gasteiger partial charge in [0.05, 0.1) is 0 Å². The van der Waals surface area contributed by atoms with Gasteiger partial charge in [-0.3, -0.25) is 0 Å². The van der Waals surface area contributed by atoms with Gasteiger partial charge in [0.15, 0.2) is 0 Å². The average Bonchev–Trinajstić information content (AvgIpc) is 2.47. The monoisotopic (exact) mass is 360 g/mol. The Labute approximate surface area is 137 Å². The highest BCUT2D eigenvalue weighted by Gasteiger charge is 2.17. The van der Waals surface area contributed by atoms with Gasteiger partial charge >= 0.3 is 0 Å². The van der Waals surface area contributed by atoms with Crippen LogP contribution in [-0.4, -0.2) is 5.11 Å². The van der Waals surface area contributed by atoms with Crippen LogP contribution in [0.25, 0.3) is 10.8 Å². The number of hydrogen-bond acceptors (Lipinski definition) is 1. The molecule has 0 aliphatic carbocycles. The van der Waals surface area contributed by atoms with E-state index in [-0.39, 0.29) is 0 Å². The lowest BCUT2D eigenvalue weighted by molar-refractivity contribution is 0.221. The lowest BCUT2D eigenvalue weighted by Gasteiger charge is -2.16. The zero-order valence-corrected chi connectivity index (χ0v) is 13.8. The maximum atomic E-state index is 10.8. The van der Waals surface area contributed by atoms with Gasteiger partial charge in [-0.05, 0) is 41.1 Å². The molecule has 3 heteroatoms. The van der Waals surface area contributed by atoms with Gasteiger partial charge in [-0.25, -0.2) is 0 Å². The van der Waals surface area contributed by atoms with E-state index in [1.54, 1.807) is 0 Å². The van der Waals surface area contributed by atoms with Crippen molar-refractivity contribution < 1.29 is 5.11 Å². The maximum absolute atomic E-state index is 10.8. The molecule has 21 heavy (non-hydrogen) atoms. The molecule has 0 radical (unpaired) electrons. The standard InChI is InChI=1S/C18H14BrClO/c1-11-6-7-15(16(19)10-11)18(21)14-8-9-17(20)13-5-3-2-4-12(13)14/h2-10,18,21H,1H3. The molecule has 0 aliphatic heterocycles. The first-order valence-corrected chi connectivity index (χ1v) is 7.86. The Balaban J connectivity index is 2.18. The van der Waals surface area contributed by atoms with E-state index in [9.17, 15) is 5.11 Å². The number of benzene rings is 3. The summed E-state index contributed by atoms with van der Waals surface area (Å²) in [6.07, 6.45) is -0.692. The molecule has 0 amide bonds. The summed E-state index contributed by atoms with van der Waals surface area (Å²) in [5.74, 6) is 0. The Kier molecular flexibility index (Phi) is 4.03. The summed E-state index contributed by atoms with van der Waals surface area (Å²) in [7, 11) is 0. The Morgan fingerprint density at radius 3 is 2.33 bits per heavy atom. The first-order chi connectivity index (χ1) is 10.1. The maximum Gasteiger partial charge on any atom is 0.106 e. The minimum Gasteiger partial charge on any atom is -0.384 e. The average molecular weight is 362 g/mol. The van der Waals surface area contributed by atoms with Gasteiger partial charge in [-0.1, -0.05) is 70.0 Å². The predicted octanol–water partition coefficient (Wildman–Crippen LogP) is 5.65. The quantitative estimate of drug-likeness (QED) is 0.625. The van der Waals surface area contributed by atoms with Crippen molar-refractivity contribution in [1.29, 1.82) is 0 Å². The smallest absolute Gasteiger partial charge is 0.106 e. The number of fused-ring (bicyclic) bond motifs is 1. The predicted molar refractivity (Wildman–Crippen MR) is 91.9 cm³/mol. The zero-order valence-electron chi connectivity index (χ0n) is 11.5. The Morgan fingerprint density at radius 2 is 1.62 bits per heavy atom. The van der Waals surface area contributed by atoms with Crippen molar-refractivity contribution in [1.82, 2.24) is 0 Å². The van der Waals surface area contributed by atoms with Crippen LogP contribution in [0.1, 0.15) is 22.8 Å². The highest BCUT2D eigenvalue weighted by molar-refractivity contribution is 9.10. The molecule has 1 unspecified atom stereocenters. The third-order valence-electron chi connectivity index (χ3n) is 3.65. The molecule has 0 aromatic heterocycles. The molecule has 0 heterocycles. The molecule has 0 fully saturated rings. The fourth-order valence-corrected chi connectivity index (χ4v) is 3.48. The zero-order chi connectivity index (χ0) is 15.0. The van der Waals surface area contributed by atoms with Gasteiger partial charge in [0, 0.05) is 14.9 Å². The Morgan fingerprint density at radius 1 is 0.952 bits per heavy atom. The number of halogens is 2. The van der Waals surface area contributed by atoms with E-state index in [0.29, 0.717) is 5.02 Å². The highest BCUT2D eigenvalue weighted by Crippen LogP contribution is 2.35. The van der Waals surface area contributed by atoms with Crippen LogP contribution < -0.4 is 0 Å². The van der Waals surface area contributed by atoms with Gasteiger partial charge in [0.1, 0.15) is 6.10 Å². The number of aliphatic hydroxyl groups excluding tert-OH is 1. The molecule has 106 valence electrons. The van der Waals surface area contributed by atoms with Crippen molar-refractivity contribution in [3.63, 3.8) is 0 Å².